The molecule has 1 aromatic carbocycles. The smallest absolute Gasteiger partial charge is 0.255 e. The number of aliphatic imine (C=N–C) groups is 1. The van der Waals surface area contributed by atoms with Gasteiger partial charge in [0.15, 0.2) is 5.96 Å². The molecule has 0 spiro atoms. The zero-order chi connectivity index (χ0) is 17.5. The zero-order valence-corrected chi connectivity index (χ0v) is 14.8. The van der Waals surface area contributed by atoms with Crippen LogP contribution in [0.5, 0.6) is 5.75 Å². The van der Waals surface area contributed by atoms with E-state index in [0.29, 0.717) is 29.8 Å². The Morgan fingerprint density at radius 1 is 1.42 bits per heavy atom. The fourth-order valence-electron chi connectivity index (χ4n) is 2.41. The Morgan fingerprint density at radius 2 is 2.17 bits per heavy atom. The molecule has 0 aromatic heterocycles. The fourth-order valence-corrected chi connectivity index (χ4v) is 2.62. The van der Waals surface area contributed by atoms with Crippen LogP contribution in [0.15, 0.2) is 17.1 Å². The van der Waals surface area contributed by atoms with Gasteiger partial charge in [0.2, 0.25) is 0 Å². The van der Waals surface area contributed by atoms with E-state index in [0.717, 1.165) is 26.2 Å². The molecule has 2 rings (SSSR count). The number of benzene rings is 1. The maximum Gasteiger partial charge on any atom is 0.255 e. The number of carbonyl (C=O) groups is 1. The number of amides is 1. The van der Waals surface area contributed by atoms with E-state index in [2.05, 4.69) is 39.7 Å². The Morgan fingerprint density at radius 3 is 2.79 bits per heavy atom. The summed E-state index contributed by atoms with van der Waals surface area (Å²) in [6.07, 6.45) is 0. The molecule has 0 unspecified atom stereocenters. The highest BCUT2D eigenvalue weighted by atomic mass is 35.5. The molecule has 1 amide bonds. The summed E-state index contributed by atoms with van der Waals surface area (Å²) in [4.78, 5) is 18.6. The van der Waals surface area contributed by atoms with Gasteiger partial charge in [-0.15, -0.1) is 0 Å². The van der Waals surface area contributed by atoms with Gasteiger partial charge in [0.05, 0.1) is 22.8 Å². The first-order valence-corrected chi connectivity index (χ1v) is 8.51. The van der Waals surface area contributed by atoms with E-state index in [-0.39, 0.29) is 17.2 Å². The van der Waals surface area contributed by atoms with E-state index in [4.69, 9.17) is 11.6 Å². The highest BCUT2D eigenvalue weighted by molar-refractivity contribution is 6.34. The minimum atomic E-state index is -0.343. The molecular formula is C16H24ClN5O2. The minimum Gasteiger partial charge on any atom is -0.507 e. The predicted octanol–water partition coefficient (Wildman–Crippen LogP) is 1.49. The minimum absolute atomic E-state index is 0.124. The number of phenols is 1. The lowest BCUT2D eigenvalue weighted by molar-refractivity contribution is 0.0946. The second kappa shape index (κ2) is 8.75. The summed E-state index contributed by atoms with van der Waals surface area (Å²) in [6, 6.07) is 2.89. The predicted molar refractivity (Wildman–Crippen MR) is 97.2 cm³/mol. The molecule has 1 aromatic rings. The maximum atomic E-state index is 12.2. The monoisotopic (exact) mass is 353 g/mol. The third-order valence-corrected chi connectivity index (χ3v) is 4.18. The van der Waals surface area contributed by atoms with Gasteiger partial charge in [-0.3, -0.25) is 9.79 Å². The van der Waals surface area contributed by atoms with Crippen molar-refractivity contribution in [2.24, 2.45) is 4.99 Å². The van der Waals surface area contributed by atoms with Crippen molar-refractivity contribution in [2.45, 2.75) is 13.8 Å². The van der Waals surface area contributed by atoms with E-state index in [1.807, 2.05) is 0 Å². The van der Waals surface area contributed by atoms with Crippen LogP contribution < -0.4 is 16.0 Å². The normalized spacial score (nSPS) is 13.6. The molecule has 7 nitrogen and oxygen atoms in total. The number of aromatic hydroxyl groups is 1. The quantitative estimate of drug-likeness (QED) is 0.596. The highest BCUT2D eigenvalue weighted by Gasteiger charge is 2.16. The van der Waals surface area contributed by atoms with E-state index in [1.54, 1.807) is 0 Å². The molecule has 0 radical (unpaired) electrons. The lowest BCUT2D eigenvalue weighted by Gasteiger charge is -2.18. The second-order valence-corrected chi connectivity index (χ2v) is 5.82. The molecule has 0 aliphatic carbocycles. The van der Waals surface area contributed by atoms with Crippen molar-refractivity contribution in [2.75, 3.05) is 44.6 Å². The molecule has 8 heteroatoms. The van der Waals surface area contributed by atoms with Gasteiger partial charge in [-0.1, -0.05) is 25.4 Å². The van der Waals surface area contributed by atoms with E-state index in [1.165, 1.54) is 12.1 Å². The molecule has 0 fully saturated rings. The van der Waals surface area contributed by atoms with Gasteiger partial charge in [-0.25, -0.2) is 0 Å². The topological polar surface area (TPSA) is 89.0 Å². The molecule has 0 saturated carbocycles. The summed E-state index contributed by atoms with van der Waals surface area (Å²) in [7, 11) is 0. The first-order chi connectivity index (χ1) is 11.5. The molecule has 1 heterocycles. The van der Waals surface area contributed by atoms with Crippen molar-refractivity contribution in [3.63, 3.8) is 0 Å². The molecule has 24 heavy (non-hydrogen) atoms. The number of anilines is 1. The van der Waals surface area contributed by atoms with Crippen molar-refractivity contribution in [1.29, 1.82) is 0 Å². The van der Waals surface area contributed by atoms with Crippen LogP contribution in [-0.2, 0) is 0 Å². The van der Waals surface area contributed by atoms with Gasteiger partial charge in [0.25, 0.3) is 5.91 Å². The summed E-state index contributed by atoms with van der Waals surface area (Å²) in [5.74, 6) is 0.137. The van der Waals surface area contributed by atoms with Gasteiger partial charge in [0.1, 0.15) is 5.75 Å². The second-order valence-electron chi connectivity index (χ2n) is 5.41. The van der Waals surface area contributed by atoms with Gasteiger partial charge >= 0.3 is 0 Å². The molecule has 0 bridgehead atoms. The number of carbonyl (C=O) groups excluding carboxylic acids is 1. The van der Waals surface area contributed by atoms with Gasteiger partial charge in [-0.2, -0.15) is 0 Å². The number of halogens is 1. The Bertz CT molecular complexity index is 617. The average Bonchev–Trinajstić information content (AvgIpc) is 3.07. The van der Waals surface area contributed by atoms with Crippen LogP contribution in [0.4, 0.5) is 5.69 Å². The van der Waals surface area contributed by atoms with Crippen LogP contribution in [0, 0.1) is 0 Å². The Hall–Kier alpha value is -1.99. The Balaban J connectivity index is 1.99. The van der Waals surface area contributed by atoms with Crippen molar-refractivity contribution < 1.29 is 9.90 Å². The number of phenolic OH excluding ortho intramolecular Hbond substituents is 1. The number of nitrogens with one attached hydrogen (secondary N) is 3. The van der Waals surface area contributed by atoms with Gasteiger partial charge in [0, 0.05) is 25.7 Å². The summed E-state index contributed by atoms with van der Waals surface area (Å²) >= 11 is 6.21. The summed E-state index contributed by atoms with van der Waals surface area (Å²) < 4.78 is 0. The largest absolute Gasteiger partial charge is 0.507 e. The van der Waals surface area contributed by atoms with Crippen LogP contribution in [-0.4, -0.2) is 61.1 Å². The molecule has 132 valence electrons. The lowest BCUT2D eigenvalue weighted by atomic mass is 10.1. The van der Waals surface area contributed by atoms with Crippen LogP contribution >= 0.6 is 11.6 Å². The van der Waals surface area contributed by atoms with Gasteiger partial charge in [-0.05, 0) is 19.2 Å². The average molecular weight is 354 g/mol. The number of rotatable bonds is 7. The van der Waals surface area contributed by atoms with Crippen molar-refractivity contribution in [3.05, 3.63) is 22.7 Å². The first-order valence-electron chi connectivity index (χ1n) is 8.13. The number of hydrogen-bond acceptors (Lipinski definition) is 6. The van der Waals surface area contributed by atoms with Crippen LogP contribution in [0.25, 0.3) is 0 Å². The number of likely N-dealkylation sites (N-methyl/N-ethyl adjacent to an activating group) is 1. The van der Waals surface area contributed by atoms with E-state index in [9.17, 15) is 9.90 Å². The molecule has 0 saturated heterocycles. The molecule has 0 atom stereocenters. The maximum absolute atomic E-state index is 12.2. The standard InChI is InChI=1S/C16H24ClN5O2/c1-3-22(4-2)8-7-18-15(24)11-9-12(17)13(10-14(11)23)21-16-19-5-6-20-16/h9-10,23H,3-8H2,1-2H3,(H,18,24)(H2,19,20,21). The first kappa shape index (κ1) is 18.4. The molecule has 1 aliphatic heterocycles. The highest BCUT2D eigenvalue weighted by Crippen LogP contribution is 2.30. The lowest BCUT2D eigenvalue weighted by Crippen LogP contribution is -2.34. The van der Waals surface area contributed by atoms with Crippen LogP contribution in [0.2, 0.25) is 5.02 Å². The fraction of sp³-hybridized carbons (Fsp3) is 0.500. The third-order valence-electron chi connectivity index (χ3n) is 3.87. The summed E-state index contributed by atoms with van der Waals surface area (Å²) in [5.41, 5.74) is 0.661. The molecular weight excluding hydrogens is 330 g/mol. The van der Waals surface area contributed by atoms with Crippen molar-refractivity contribution >= 4 is 29.2 Å². The number of nitrogens with zero attached hydrogens (tertiary/aromatic N) is 2. The Labute approximate surface area is 147 Å². The van der Waals surface area contributed by atoms with Gasteiger partial charge < -0.3 is 26.0 Å². The van der Waals surface area contributed by atoms with Crippen molar-refractivity contribution in [1.82, 2.24) is 15.5 Å². The van der Waals surface area contributed by atoms with E-state index >= 15 is 0 Å². The third kappa shape index (κ3) is 4.75. The van der Waals surface area contributed by atoms with E-state index < -0.39 is 0 Å². The SMILES string of the molecule is CCN(CC)CCNC(=O)c1cc(Cl)c(NC2=NCCN2)cc1O. The Kier molecular flexibility index (Phi) is 6.69. The number of hydrogen-bond donors (Lipinski definition) is 4. The number of guanidine groups is 1. The van der Waals surface area contributed by atoms with Crippen LogP contribution in [0.3, 0.4) is 0 Å². The summed E-state index contributed by atoms with van der Waals surface area (Å²) in [5, 5.41) is 19.3. The molecule has 1 aliphatic rings. The summed E-state index contributed by atoms with van der Waals surface area (Å²) in [6.45, 7) is 8.75. The van der Waals surface area contributed by atoms with Crippen molar-refractivity contribution in [3.8, 4) is 5.75 Å². The van der Waals surface area contributed by atoms with Crippen LogP contribution in [0.1, 0.15) is 24.2 Å². The molecule has 4 N–H and O–H groups in total. The zero-order valence-electron chi connectivity index (χ0n) is 14.0.